The van der Waals surface area contributed by atoms with E-state index in [2.05, 4.69) is 31.9 Å². The molecule has 5 heteroatoms. The van der Waals surface area contributed by atoms with E-state index in [4.69, 9.17) is 27.9 Å². The third-order valence-electron chi connectivity index (χ3n) is 2.72. The van der Waals surface area contributed by atoms with Crippen LogP contribution in [0.3, 0.4) is 0 Å². The smallest absolute Gasteiger partial charge is 0.120 e. The standard InChI is InChI=1S/C14H10Br2Cl2O/c1-19-9-3-5-11(13(18)7-9)14(16)10-4-2-8(15)6-12(10)17/h2-7,14H,1H3. The normalized spacial score (nSPS) is 12.3. The lowest BCUT2D eigenvalue weighted by molar-refractivity contribution is 0.414. The number of hydrogen-bond acceptors (Lipinski definition) is 1. The molecule has 0 saturated heterocycles. The molecule has 0 radical (unpaired) electrons. The van der Waals surface area contributed by atoms with Gasteiger partial charge in [0.05, 0.1) is 11.9 Å². The first-order valence-electron chi connectivity index (χ1n) is 5.45. The maximum atomic E-state index is 6.27. The number of alkyl halides is 1. The molecule has 0 aliphatic heterocycles. The molecule has 0 aliphatic carbocycles. The minimum Gasteiger partial charge on any atom is -0.497 e. The predicted octanol–water partition coefficient (Wildman–Crippen LogP) is 6.25. The summed E-state index contributed by atoms with van der Waals surface area (Å²) in [6, 6.07) is 11.4. The van der Waals surface area contributed by atoms with Gasteiger partial charge in [-0.15, -0.1) is 0 Å². The Morgan fingerprint density at radius 1 is 1.00 bits per heavy atom. The second kappa shape index (κ2) is 6.49. The van der Waals surface area contributed by atoms with Crippen molar-refractivity contribution in [2.24, 2.45) is 0 Å². The highest BCUT2D eigenvalue weighted by molar-refractivity contribution is 9.10. The van der Waals surface area contributed by atoms with Gasteiger partial charge < -0.3 is 4.74 Å². The molecule has 100 valence electrons. The summed E-state index contributed by atoms with van der Waals surface area (Å²) in [6.45, 7) is 0. The summed E-state index contributed by atoms with van der Waals surface area (Å²) in [5, 5.41) is 1.32. The molecule has 0 aliphatic rings. The fraction of sp³-hybridized carbons (Fsp3) is 0.143. The van der Waals surface area contributed by atoms with Crippen LogP contribution in [0.15, 0.2) is 40.9 Å². The Hall–Kier alpha value is -0.220. The number of halogens is 4. The molecule has 2 aromatic carbocycles. The Balaban J connectivity index is 2.41. The van der Waals surface area contributed by atoms with Crippen LogP contribution in [-0.2, 0) is 0 Å². The molecule has 0 saturated carbocycles. The van der Waals surface area contributed by atoms with Gasteiger partial charge in [-0.1, -0.05) is 67.2 Å². The summed E-state index contributed by atoms with van der Waals surface area (Å²) in [7, 11) is 1.61. The van der Waals surface area contributed by atoms with Gasteiger partial charge in [0.25, 0.3) is 0 Å². The molecule has 1 atom stereocenters. The van der Waals surface area contributed by atoms with Crippen LogP contribution in [0.2, 0.25) is 10.0 Å². The van der Waals surface area contributed by atoms with E-state index in [9.17, 15) is 0 Å². The van der Waals surface area contributed by atoms with Crippen molar-refractivity contribution >= 4 is 55.1 Å². The van der Waals surface area contributed by atoms with Crippen molar-refractivity contribution in [3.63, 3.8) is 0 Å². The van der Waals surface area contributed by atoms with Crippen LogP contribution in [0.4, 0.5) is 0 Å². The second-order valence-corrected chi connectivity index (χ2v) is 6.56. The van der Waals surface area contributed by atoms with Crippen LogP contribution in [0.25, 0.3) is 0 Å². The Kier molecular flexibility index (Phi) is 5.18. The fourth-order valence-electron chi connectivity index (χ4n) is 1.71. The lowest BCUT2D eigenvalue weighted by atomic mass is 10.0. The summed E-state index contributed by atoms with van der Waals surface area (Å²) in [4.78, 5) is -0.0634. The van der Waals surface area contributed by atoms with Gasteiger partial charge in [0.1, 0.15) is 5.75 Å². The van der Waals surface area contributed by atoms with Crippen LogP contribution >= 0.6 is 55.1 Å². The van der Waals surface area contributed by atoms with E-state index >= 15 is 0 Å². The van der Waals surface area contributed by atoms with Crippen LogP contribution in [-0.4, -0.2) is 7.11 Å². The first-order chi connectivity index (χ1) is 9.02. The largest absolute Gasteiger partial charge is 0.497 e. The molecule has 0 amide bonds. The lowest BCUT2D eigenvalue weighted by Crippen LogP contribution is -1.96. The number of ether oxygens (including phenoxy) is 1. The zero-order valence-corrected chi connectivity index (χ0v) is 14.6. The predicted molar refractivity (Wildman–Crippen MR) is 87.9 cm³/mol. The van der Waals surface area contributed by atoms with Crippen molar-refractivity contribution in [3.8, 4) is 5.75 Å². The van der Waals surface area contributed by atoms with E-state index in [0.29, 0.717) is 10.0 Å². The Morgan fingerprint density at radius 3 is 2.11 bits per heavy atom. The third-order valence-corrected chi connectivity index (χ3v) is 4.85. The lowest BCUT2D eigenvalue weighted by Gasteiger charge is -2.15. The van der Waals surface area contributed by atoms with Crippen LogP contribution < -0.4 is 4.74 Å². The maximum absolute atomic E-state index is 6.27. The minimum atomic E-state index is -0.0634. The maximum Gasteiger partial charge on any atom is 0.120 e. The van der Waals surface area contributed by atoms with Crippen molar-refractivity contribution in [2.45, 2.75) is 4.83 Å². The van der Waals surface area contributed by atoms with Gasteiger partial charge in [0.15, 0.2) is 0 Å². The van der Waals surface area contributed by atoms with Crippen LogP contribution in [0.5, 0.6) is 5.75 Å². The summed E-state index contributed by atoms with van der Waals surface area (Å²) < 4.78 is 6.09. The molecule has 1 unspecified atom stereocenters. The van der Waals surface area contributed by atoms with Gasteiger partial charge in [0, 0.05) is 14.5 Å². The molecule has 0 bridgehead atoms. The monoisotopic (exact) mass is 422 g/mol. The molecule has 0 fully saturated rings. The average molecular weight is 425 g/mol. The van der Waals surface area contributed by atoms with Crippen molar-refractivity contribution in [2.75, 3.05) is 7.11 Å². The third kappa shape index (κ3) is 3.46. The summed E-state index contributed by atoms with van der Waals surface area (Å²) in [6.07, 6.45) is 0. The van der Waals surface area contributed by atoms with Crippen molar-refractivity contribution in [1.29, 1.82) is 0 Å². The summed E-state index contributed by atoms with van der Waals surface area (Å²) in [5.74, 6) is 0.732. The number of methoxy groups -OCH3 is 1. The molecule has 0 aromatic heterocycles. The molecule has 0 N–H and O–H groups in total. The SMILES string of the molecule is COc1ccc(C(Br)c2ccc(Br)cc2Cl)c(Cl)c1. The van der Waals surface area contributed by atoms with Gasteiger partial charge in [-0.25, -0.2) is 0 Å². The number of benzene rings is 2. The molecule has 2 rings (SSSR count). The van der Waals surface area contributed by atoms with Gasteiger partial charge in [-0.05, 0) is 35.4 Å². The topological polar surface area (TPSA) is 9.23 Å². The quantitative estimate of drug-likeness (QED) is 0.529. The fourth-order valence-corrected chi connectivity index (χ4v) is 3.84. The molecular formula is C14H10Br2Cl2O. The molecule has 2 aromatic rings. The van der Waals surface area contributed by atoms with Crippen LogP contribution in [0, 0.1) is 0 Å². The number of rotatable bonds is 3. The van der Waals surface area contributed by atoms with Gasteiger partial charge in [-0.3, -0.25) is 0 Å². The molecule has 0 heterocycles. The van der Waals surface area contributed by atoms with Gasteiger partial charge >= 0.3 is 0 Å². The summed E-state index contributed by atoms with van der Waals surface area (Å²) in [5.41, 5.74) is 1.92. The van der Waals surface area contributed by atoms with E-state index in [1.807, 2.05) is 30.3 Å². The molecule has 1 nitrogen and oxygen atoms in total. The molecule has 0 spiro atoms. The highest BCUT2D eigenvalue weighted by Crippen LogP contribution is 2.40. The zero-order chi connectivity index (χ0) is 14.0. The second-order valence-electron chi connectivity index (χ2n) is 3.92. The minimum absolute atomic E-state index is 0.0634. The molecule has 19 heavy (non-hydrogen) atoms. The van der Waals surface area contributed by atoms with E-state index in [1.54, 1.807) is 13.2 Å². The van der Waals surface area contributed by atoms with Crippen molar-refractivity contribution in [1.82, 2.24) is 0 Å². The highest BCUT2D eigenvalue weighted by Gasteiger charge is 2.17. The first-order valence-corrected chi connectivity index (χ1v) is 7.92. The Bertz CT molecular complexity index is 602. The van der Waals surface area contributed by atoms with Crippen molar-refractivity contribution < 1.29 is 4.74 Å². The van der Waals surface area contributed by atoms with Crippen LogP contribution in [0.1, 0.15) is 16.0 Å². The average Bonchev–Trinajstić information content (AvgIpc) is 2.37. The van der Waals surface area contributed by atoms with Gasteiger partial charge in [0.2, 0.25) is 0 Å². The van der Waals surface area contributed by atoms with E-state index in [-0.39, 0.29) is 4.83 Å². The Morgan fingerprint density at radius 2 is 1.58 bits per heavy atom. The first kappa shape index (κ1) is 15.2. The Labute approximate surface area is 139 Å². The number of hydrogen-bond donors (Lipinski definition) is 0. The van der Waals surface area contributed by atoms with E-state index in [1.165, 1.54) is 0 Å². The van der Waals surface area contributed by atoms with E-state index < -0.39 is 0 Å². The summed E-state index contributed by atoms with van der Waals surface area (Å²) >= 11 is 19.6. The van der Waals surface area contributed by atoms with Gasteiger partial charge in [-0.2, -0.15) is 0 Å². The molecular weight excluding hydrogens is 415 g/mol. The highest BCUT2D eigenvalue weighted by atomic mass is 79.9. The van der Waals surface area contributed by atoms with Crippen molar-refractivity contribution in [3.05, 3.63) is 62.0 Å². The zero-order valence-electron chi connectivity index (χ0n) is 9.96. The van der Waals surface area contributed by atoms with E-state index in [0.717, 1.165) is 21.3 Å².